The molecule has 0 bridgehead atoms. The van der Waals surface area contributed by atoms with E-state index < -0.39 is 0 Å². The maximum atomic E-state index is 12.9. The highest BCUT2D eigenvalue weighted by Crippen LogP contribution is 2.39. The number of nitrogens with zero attached hydrogens (tertiary/aromatic N) is 5. The normalized spacial score (nSPS) is 17.2. The van der Waals surface area contributed by atoms with Crippen molar-refractivity contribution >= 4 is 17.2 Å². The predicted octanol–water partition coefficient (Wildman–Crippen LogP) is 2.58. The molecule has 144 valence electrons. The molecule has 1 saturated carbocycles. The van der Waals surface area contributed by atoms with E-state index in [-0.39, 0.29) is 5.91 Å². The number of para-hydroxylation sites is 2. The van der Waals surface area contributed by atoms with Crippen molar-refractivity contribution in [2.45, 2.75) is 18.8 Å². The van der Waals surface area contributed by atoms with E-state index in [1.54, 1.807) is 17.7 Å². The zero-order valence-corrected chi connectivity index (χ0v) is 15.9. The summed E-state index contributed by atoms with van der Waals surface area (Å²) < 4.78 is 7.21. The van der Waals surface area contributed by atoms with Crippen LogP contribution in [0.2, 0.25) is 0 Å². The molecule has 3 heterocycles. The second-order valence-corrected chi connectivity index (χ2v) is 7.41. The van der Waals surface area contributed by atoms with Gasteiger partial charge in [-0.3, -0.25) is 4.79 Å². The van der Waals surface area contributed by atoms with Gasteiger partial charge in [0.25, 0.3) is 5.91 Å². The zero-order chi connectivity index (χ0) is 19.1. The molecule has 0 N–H and O–H groups in total. The lowest BCUT2D eigenvalue weighted by molar-refractivity contribution is 0.0739. The van der Waals surface area contributed by atoms with E-state index in [1.165, 1.54) is 12.8 Å². The Morgan fingerprint density at radius 2 is 1.86 bits per heavy atom. The summed E-state index contributed by atoms with van der Waals surface area (Å²) in [5, 5.41) is 4.52. The average Bonchev–Trinajstić information content (AvgIpc) is 3.52. The average molecular weight is 377 g/mol. The van der Waals surface area contributed by atoms with Crippen LogP contribution in [-0.2, 0) is 0 Å². The van der Waals surface area contributed by atoms with E-state index in [1.807, 2.05) is 35.4 Å². The molecule has 1 aromatic carbocycles. The number of anilines is 1. The van der Waals surface area contributed by atoms with Crippen molar-refractivity contribution in [2.75, 3.05) is 38.2 Å². The van der Waals surface area contributed by atoms with Crippen LogP contribution in [0.25, 0.3) is 5.65 Å². The third kappa shape index (κ3) is 3.06. The SMILES string of the molecule is COc1ccccc1N1CCN(C(=O)c2ccc3nc(C4CC4)cn3n2)CC1. The van der Waals surface area contributed by atoms with Gasteiger partial charge in [0, 0.05) is 32.1 Å². The van der Waals surface area contributed by atoms with Crippen LogP contribution in [0.15, 0.2) is 42.6 Å². The van der Waals surface area contributed by atoms with Crippen LogP contribution in [0, 0.1) is 0 Å². The van der Waals surface area contributed by atoms with Crippen LogP contribution in [-0.4, -0.2) is 58.7 Å². The Morgan fingerprint density at radius 3 is 2.61 bits per heavy atom. The molecule has 0 spiro atoms. The molecule has 0 atom stereocenters. The smallest absolute Gasteiger partial charge is 0.274 e. The maximum Gasteiger partial charge on any atom is 0.274 e. The lowest BCUT2D eigenvalue weighted by atomic mass is 10.2. The highest BCUT2D eigenvalue weighted by molar-refractivity contribution is 5.92. The molecular weight excluding hydrogens is 354 g/mol. The van der Waals surface area contributed by atoms with Gasteiger partial charge in [0.2, 0.25) is 0 Å². The fourth-order valence-electron chi connectivity index (χ4n) is 3.79. The zero-order valence-electron chi connectivity index (χ0n) is 15.9. The summed E-state index contributed by atoms with van der Waals surface area (Å²) in [6.45, 7) is 2.86. The maximum absolute atomic E-state index is 12.9. The van der Waals surface area contributed by atoms with E-state index >= 15 is 0 Å². The van der Waals surface area contributed by atoms with Gasteiger partial charge < -0.3 is 14.5 Å². The summed E-state index contributed by atoms with van der Waals surface area (Å²) >= 11 is 0. The standard InChI is InChI=1S/C21H23N5O2/c1-28-19-5-3-2-4-18(19)24-10-12-25(13-11-24)21(27)16-8-9-20-22-17(15-6-7-15)14-26(20)23-16/h2-5,8-9,14-15H,6-7,10-13H2,1H3. The van der Waals surface area contributed by atoms with Gasteiger partial charge in [-0.05, 0) is 37.1 Å². The fourth-order valence-corrected chi connectivity index (χ4v) is 3.79. The number of hydrogen-bond acceptors (Lipinski definition) is 5. The number of imidazole rings is 1. The summed E-state index contributed by atoms with van der Waals surface area (Å²) in [4.78, 5) is 21.7. The summed E-state index contributed by atoms with van der Waals surface area (Å²) in [6.07, 6.45) is 4.36. The van der Waals surface area contributed by atoms with Crippen molar-refractivity contribution in [1.82, 2.24) is 19.5 Å². The topological polar surface area (TPSA) is 63.0 Å². The number of aromatic nitrogens is 3. The van der Waals surface area contributed by atoms with E-state index in [0.717, 1.165) is 35.9 Å². The molecule has 3 aromatic rings. The molecule has 2 aliphatic rings. The van der Waals surface area contributed by atoms with E-state index in [2.05, 4.69) is 21.0 Å². The number of methoxy groups -OCH3 is 1. The lowest BCUT2D eigenvalue weighted by Gasteiger charge is -2.36. The number of piperazine rings is 1. The Bertz CT molecular complexity index is 1020. The second-order valence-electron chi connectivity index (χ2n) is 7.41. The van der Waals surface area contributed by atoms with Crippen molar-refractivity contribution in [3.05, 3.63) is 54.0 Å². The Balaban J connectivity index is 1.29. The number of fused-ring (bicyclic) bond motifs is 1. The monoisotopic (exact) mass is 377 g/mol. The molecule has 7 nitrogen and oxygen atoms in total. The molecule has 1 aliphatic heterocycles. The summed E-state index contributed by atoms with van der Waals surface area (Å²) in [5.74, 6) is 1.41. The summed E-state index contributed by atoms with van der Waals surface area (Å²) in [6, 6.07) is 11.7. The molecule has 1 aliphatic carbocycles. The van der Waals surface area contributed by atoms with Gasteiger partial charge in [0.1, 0.15) is 11.4 Å². The van der Waals surface area contributed by atoms with Gasteiger partial charge in [-0.25, -0.2) is 9.50 Å². The van der Waals surface area contributed by atoms with Crippen LogP contribution in [0.1, 0.15) is 34.9 Å². The Morgan fingerprint density at radius 1 is 1.07 bits per heavy atom. The quantitative estimate of drug-likeness (QED) is 0.699. The Labute approximate surface area is 163 Å². The number of rotatable bonds is 4. The molecule has 1 amide bonds. The van der Waals surface area contributed by atoms with Gasteiger partial charge in [0.15, 0.2) is 5.65 Å². The van der Waals surface area contributed by atoms with Gasteiger partial charge in [-0.2, -0.15) is 5.10 Å². The Kier molecular flexibility index (Phi) is 4.15. The molecule has 0 radical (unpaired) electrons. The first-order chi connectivity index (χ1) is 13.7. The first-order valence-electron chi connectivity index (χ1n) is 9.76. The molecule has 7 heteroatoms. The number of carbonyl (C=O) groups excluding carboxylic acids is 1. The third-order valence-corrected chi connectivity index (χ3v) is 5.55. The molecule has 5 rings (SSSR count). The van der Waals surface area contributed by atoms with Crippen LogP contribution in [0.4, 0.5) is 5.69 Å². The van der Waals surface area contributed by atoms with E-state index in [0.29, 0.717) is 24.7 Å². The molecule has 2 fully saturated rings. The molecule has 28 heavy (non-hydrogen) atoms. The third-order valence-electron chi connectivity index (χ3n) is 5.55. The van der Waals surface area contributed by atoms with Crippen molar-refractivity contribution in [2.24, 2.45) is 0 Å². The summed E-state index contributed by atoms with van der Waals surface area (Å²) in [7, 11) is 1.69. The van der Waals surface area contributed by atoms with E-state index in [4.69, 9.17) is 4.74 Å². The number of amides is 1. The van der Waals surface area contributed by atoms with Gasteiger partial charge in [0.05, 0.1) is 24.7 Å². The van der Waals surface area contributed by atoms with Crippen LogP contribution >= 0.6 is 0 Å². The minimum atomic E-state index is -0.0248. The first-order valence-corrected chi connectivity index (χ1v) is 9.76. The number of benzene rings is 1. The Hall–Kier alpha value is -3.09. The molecule has 0 unspecified atom stereocenters. The van der Waals surface area contributed by atoms with Crippen LogP contribution in [0.5, 0.6) is 5.75 Å². The molecule has 1 saturated heterocycles. The molecular formula is C21H23N5O2. The van der Waals surface area contributed by atoms with Crippen molar-refractivity contribution in [3.63, 3.8) is 0 Å². The largest absolute Gasteiger partial charge is 0.495 e. The fraction of sp³-hybridized carbons (Fsp3) is 0.381. The van der Waals surface area contributed by atoms with Crippen molar-refractivity contribution < 1.29 is 9.53 Å². The van der Waals surface area contributed by atoms with Crippen molar-refractivity contribution in [1.29, 1.82) is 0 Å². The first kappa shape index (κ1) is 17.0. The highest BCUT2D eigenvalue weighted by Gasteiger charge is 2.27. The predicted molar refractivity (Wildman–Crippen MR) is 106 cm³/mol. The minimum absolute atomic E-state index is 0.0248. The van der Waals surface area contributed by atoms with Gasteiger partial charge >= 0.3 is 0 Å². The minimum Gasteiger partial charge on any atom is -0.495 e. The summed E-state index contributed by atoms with van der Waals surface area (Å²) in [5.41, 5.74) is 3.43. The van der Waals surface area contributed by atoms with Gasteiger partial charge in [-0.15, -0.1) is 0 Å². The number of carbonyl (C=O) groups is 1. The lowest BCUT2D eigenvalue weighted by Crippen LogP contribution is -2.49. The van der Waals surface area contributed by atoms with Crippen molar-refractivity contribution in [3.8, 4) is 5.75 Å². The van der Waals surface area contributed by atoms with Gasteiger partial charge in [-0.1, -0.05) is 12.1 Å². The number of hydrogen-bond donors (Lipinski definition) is 0. The van der Waals surface area contributed by atoms with E-state index in [9.17, 15) is 4.79 Å². The second kappa shape index (κ2) is 6.82. The van der Waals surface area contributed by atoms with Crippen LogP contribution in [0.3, 0.4) is 0 Å². The molecule has 2 aromatic heterocycles. The van der Waals surface area contributed by atoms with Crippen LogP contribution < -0.4 is 9.64 Å². The highest BCUT2D eigenvalue weighted by atomic mass is 16.5. The number of ether oxygens (including phenoxy) is 1.